The van der Waals surface area contributed by atoms with Crippen molar-refractivity contribution in [3.63, 3.8) is 0 Å². The molecule has 0 fully saturated rings. The van der Waals surface area contributed by atoms with Gasteiger partial charge < -0.3 is 0 Å². The first-order valence-electron chi connectivity index (χ1n) is 2.24. The molecule has 1 aromatic rings. The van der Waals surface area contributed by atoms with Gasteiger partial charge in [0, 0.05) is 11.8 Å². The van der Waals surface area contributed by atoms with Crippen molar-refractivity contribution in [3.05, 3.63) is 17.0 Å². The van der Waals surface area contributed by atoms with Gasteiger partial charge in [-0.2, -0.15) is 0 Å². The number of hydrogen-bond donors (Lipinski definition) is 1. The quantitative estimate of drug-likeness (QED) is 0.603. The third-order valence-corrected chi connectivity index (χ3v) is 2.10. The van der Waals surface area contributed by atoms with Gasteiger partial charge in [-0.05, 0) is 23.9 Å². The first kappa shape index (κ1) is 5.92. The summed E-state index contributed by atoms with van der Waals surface area (Å²) >= 11 is 6.91. The second kappa shape index (κ2) is 2.37. The SMILES string of the molecule is Cc1csc(NCl)c1. The molecule has 0 saturated carbocycles. The van der Waals surface area contributed by atoms with Crippen molar-refractivity contribution in [2.45, 2.75) is 6.92 Å². The monoisotopic (exact) mass is 147 g/mol. The maximum Gasteiger partial charge on any atom is 0.103 e. The molecule has 0 saturated heterocycles. The van der Waals surface area contributed by atoms with Gasteiger partial charge in [0.25, 0.3) is 0 Å². The molecule has 1 rings (SSSR count). The van der Waals surface area contributed by atoms with Gasteiger partial charge in [0.1, 0.15) is 5.00 Å². The summed E-state index contributed by atoms with van der Waals surface area (Å²) in [5.74, 6) is 0. The first-order chi connectivity index (χ1) is 3.83. The van der Waals surface area contributed by atoms with Crippen molar-refractivity contribution in [2.24, 2.45) is 0 Å². The van der Waals surface area contributed by atoms with Crippen LogP contribution in [0.1, 0.15) is 5.56 Å². The maximum atomic E-state index is 5.30. The zero-order chi connectivity index (χ0) is 5.98. The maximum absolute atomic E-state index is 5.30. The highest BCUT2D eigenvalue weighted by atomic mass is 35.5. The van der Waals surface area contributed by atoms with E-state index in [0.717, 1.165) is 5.00 Å². The van der Waals surface area contributed by atoms with Gasteiger partial charge >= 0.3 is 0 Å². The van der Waals surface area contributed by atoms with Crippen LogP contribution in [0.5, 0.6) is 0 Å². The third-order valence-electron chi connectivity index (χ3n) is 0.824. The Kier molecular flexibility index (Phi) is 1.76. The summed E-state index contributed by atoms with van der Waals surface area (Å²) in [5, 5.41) is 3.05. The molecule has 0 amide bonds. The number of halogens is 1. The van der Waals surface area contributed by atoms with Crippen LogP contribution in [0, 0.1) is 6.92 Å². The first-order valence-corrected chi connectivity index (χ1v) is 3.50. The predicted molar refractivity (Wildman–Crippen MR) is 38.5 cm³/mol. The van der Waals surface area contributed by atoms with Gasteiger partial charge in [0.05, 0.1) is 0 Å². The summed E-state index contributed by atoms with van der Waals surface area (Å²) in [7, 11) is 0. The fraction of sp³-hybridized carbons (Fsp3) is 0.200. The molecule has 0 spiro atoms. The largest absolute Gasteiger partial charge is 0.290 e. The van der Waals surface area contributed by atoms with Crippen molar-refractivity contribution in [3.8, 4) is 0 Å². The highest BCUT2D eigenvalue weighted by molar-refractivity contribution is 7.14. The van der Waals surface area contributed by atoms with Crippen molar-refractivity contribution >= 4 is 28.1 Å². The minimum absolute atomic E-state index is 1.00. The third kappa shape index (κ3) is 1.14. The topological polar surface area (TPSA) is 12.0 Å². The van der Waals surface area contributed by atoms with Crippen LogP contribution in [0.25, 0.3) is 0 Å². The van der Waals surface area contributed by atoms with Crippen LogP contribution < -0.4 is 4.84 Å². The van der Waals surface area contributed by atoms with E-state index in [1.54, 1.807) is 11.3 Å². The molecule has 0 aliphatic rings. The molecule has 0 aliphatic carbocycles. The summed E-state index contributed by atoms with van der Waals surface area (Å²) in [4.78, 5) is 2.54. The van der Waals surface area contributed by atoms with Crippen molar-refractivity contribution in [2.75, 3.05) is 4.84 Å². The van der Waals surface area contributed by atoms with E-state index in [1.165, 1.54) is 5.56 Å². The zero-order valence-electron chi connectivity index (χ0n) is 4.44. The number of aryl methyl sites for hydroxylation is 1. The molecular weight excluding hydrogens is 142 g/mol. The number of hydrogen-bond acceptors (Lipinski definition) is 2. The molecule has 0 aromatic carbocycles. The molecule has 8 heavy (non-hydrogen) atoms. The summed E-state index contributed by atoms with van der Waals surface area (Å²) in [5.41, 5.74) is 1.25. The van der Waals surface area contributed by atoms with Crippen LogP contribution in [0.3, 0.4) is 0 Å². The average molecular weight is 148 g/mol. The number of rotatable bonds is 1. The van der Waals surface area contributed by atoms with Crippen molar-refractivity contribution < 1.29 is 0 Å². The Labute approximate surface area is 57.4 Å². The lowest BCUT2D eigenvalue weighted by molar-refractivity contribution is 1.56. The number of thiophene rings is 1. The summed E-state index contributed by atoms with van der Waals surface area (Å²) in [6.45, 7) is 2.04. The molecule has 0 bridgehead atoms. The lowest BCUT2D eigenvalue weighted by Gasteiger charge is -1.83. The molecule has 1 N–H and O–H groups in total. The van der Waals surface area contributed by atoms with E-state index in [-0.39, 0.29) is 0 Å². The molecular formula is C5H6ClNS. The van der Waals surface area contributed by atoms with Gasteiger partial charge in [-0.15, -0.1) is 11.3 Å². The van der Waals surface area contributed by atoms with E-state index in [4.69, 9.17) is 11.8 Å². The Morgan fingerprint density at radius 3 is 2.75 bits per heavy atom. The van der Waals surface area contributed by atoms with Crippen molar-refractivity contribution in [1.29, 1.82) is 0 Å². The molecule has 1 nitrogen and oxygen atoms in total. The van der Waals surface area contributed by atoms with Crippen LogP contribution in [0.4, 0.5) is 5.00 Å². The molecule has 0 atom stereocenters. The van der Waals surface area contributed by atoms with E-state index >= 15 is 0 Å². The second-order valence-corrected chi connectivity index (χ2v) is 2.68. The minimum atomic E-state index is 1.00. The zero-order valence-corrected chi connectivity index (χ0v) is 6.01. The van der Waals surface area contributed by atoms with Gasteiger partial charge in [-0.25, -0.2) is 0 Å². The highest BCUT2D eigenvalue weighted by Gasteiger charge is 1.89. The van der Waals surface area contributed by atoms with E-state index in [1.807, 2.05) is 18.4 Å². The molecule has 0 radical (unpaired) electrons. The average Bonchev–Trinajstić information content (AvgIpc) is 2.14. The van der Waals surface area contributed by atoms with E-state index in [0.29, 0.717) is 0 Å². The number of anilines is 1. The summed E-state index contributed by atoms with van der Waals surface area (Å²) in [6.07, 6.45) is 0. The molecule has 44 valence electrons. The Balaban J connectivity index is 2.84. The molecule has 3 heteroatoms. The van der Waals surface area contributed by atoms with E-state index in [9.17, 15) is 0 Å². The standard InChI is InChI=1S/C5H6ClNS/c1-4-2-5(7-6)8-3-4/h2-3,7H,1H3. The fourth-order valence-electron chi connectivity index (χ4n) is 0.481. The lowest BCUT2D eigenvalue weighted by atomic mass is 10.4. The Bertz CT molecular complexity index is 173. The van der Waals surface area contributed by atoms with Gasteiger partial charge in [-0.1, -0.05) is 0 Å². The van der Waals surface area contributed by atoms with E-state index in [2.05, 4.69) is 4.84 Å². The Morgan fingerprint density at radius 2 is 2.50 bits per heavy atom. The Hall–Kier alpha value is -0.210. The van der Waals surface area contributed by atoms with Crippen LogP contribution in [-0.2, 0) is 0 Å². The fourth-order valence-corrected chi connectivity index (χ4v) is 1.35. The smallest absolute Gasteiger partial charge is 0.103 e. The molecule has 0 aliphatic heterocycles. The molecule has 0 unspecified atom stereocenters. The van der Waals surface area contributed by atoms with Crippen LogP contribution >= 0.6 is 23.1 Å². The van der Waals surface area contributed by atoms with Gasteiger partial charge in [0.2, 0.25) is 0 Å². The lowest BCUT2D eigenvalue weighted by Crippen LogP contribution is -1.68. The van der Waals surface area contributed by atoms with Crippen LogP contribution in [-0.4, -0.2) is 0 Å². The van der Waals surface area contributed by atoms with Crippen LogP contribution in [0.2, 0.25) is 0 Å². The summed E-state index contributed by atoms with van der Waals surface area (Å²) in [6, 6.07) is 2.00. The summed E-state index contributed by atoms with van der Waals surface area (Å²) < 4.78 is 0. The second-order valence-electron chi connectivity index (χ2n) is 1.58. The van der Waals surface area contributed by atoms with Gasteiger partial charge in [0.15, 0.2) is 0 Å². The minimum Gasteiger partial charge on any atom is -0.290 e. The highest BCUT2D eigenvalue weighted by Crippen LogP contribution is 2.19. The van der Waals surface area contributed by atoms with Crippen LogP contribution in [0.15, 0.2) is 11.4 Å². The predicted octanol–water partition coefficient (Wildman–Crippen LogP) is 2.62. The molecule has 1 aromatic heterocycles. The van der Waals surface area contributed by atoms with Crippen molar-refractivity contribution in [1.82, 2.24) is 0 Å². The Morgan fingerprint density at radius 1 is 1.75 bits per heavy atom. The normalized spacial score (nSPS) is 9.25. The van der Waals surface area contributed by atoms with Gasteiger partial charge in [-0.3, -0.25) is 4.84 Å². The number of nitrogens with one attached hydrogen (secondary N) is 1. The van der Waals surface area contributed by atoms with E-state index < -0.39 is 0 Å². The molecule has 1 heterocycles.